The van der Waals surface area contributed by atoms with Gasteiger partial charge in [0.1, 0.15) is 12.6 Å². The number of imide groups is 1. The fraction of sp³-hybridized carbons (Fsp3) is 0.348. The fourth-order valence-corrected chi connectivity index (χ4v) is 4.99. The second-order valence-corrected chi connectivity index (χ2v) is 9.30. The molecule has 0 aromatic heterocycles. The molecule has 7 heteroatoms. The zero-order valence-corrected chi connectivity index (χ0v) is 18.2. The van der Waals surface area contributed by atoms with E-state index in [1.807, 2.05) is 55.5 Å². The van der Waals surface area contributed by atoms with Crippen molar-refractivity contribution in [2.24, 2.45) is 0 Å². The smallest absolute Gasteiger partial charge is 0.310 e. The lowest BCUT2D eigenvalue weighted by molar-refractivity contribution is -0.131. The Morgan fingerprint density at radius 1 is 1.07 bits per heavy atom. The molecule has 2 aromatic carbocycles. The maximum atomic E-state index is 13.2. The number of para-hydroxylation sites is 1. The number of urea groups is 1. The highest BCUT2D eigenvalue weighted by Gasteiger charge is 2.44. The van der Waals surface area contributed by atoms with Crippen LogP contribution in [-0.2, 0) is 9.59 Å². The zero-order valence-electron chi connectivity index (χ0n) is 17.4. The van der Waals surface area contributed by atoms with Gasteiger partial charge >= 0.3 is 6.03 Å². The van der Waals surface area contributed by atoms with E-state index in [1.165, 1.54) is 4.90 Å². The third-order valence-corrected chi connectivity index (χ3v) is 6.83. The molecule has 0 saturated carbocycles. The molecule has 2 aliphatic rings. The number of nitrogens with zero attached hydrogens (tertiary/aromatic N) is 3. The first-order chi connectivity index (χ1) is 14.4. The van der Waals surface area contributed by atoms with Crippen LogP contribution in [-0.4, -0.2) is 47.1 Å². The molecule has 156 valence electrons. The minimum Gasteiger partial charge on any atom is -0.310 e. The highest BCUT2D eigenvalue weighted by molar-refractivity contribution is 8.00. The molecule has 6 nitrogen and oxygen atoms in total. The third-order valence-electron chi connectivity index (χ3n) is 5.60. The van der Waals surface area contributed by atoms with Crippen LogP contribution in [0, 0.1) is 6.92 Å². The van der Waals surface area contributed by atoms with Gasteiger partial charge in [-0.2, -0.15) is 0 Å². The van der Waals surface area contributed by atoms with Crippen LogP contribution in [0.25, 0.3) is 0 Å². The average molecular weight is 424 g/mol. The molecule has 0 bridgehead atoms. The van der Waals surface area contributed by atoms with E-state index in [2.05, 4.69) is 6.92 Å². The first-order valence-electron chi connectivity index (χ1n) is 10.1. The van der Waals surface area contributed by atoms with Crippen LogP contribution in [0.1, 0.15) is 25.8 Å². The highest BCUT2D eigenvalue weighted by atomic mass is 32.2. The quantitative estimate of drug-likeness (QED) is 0.699. The number of fused-ring (bicyclic) bond motifs is 1. The maximum Gasteiger partial charge on any atom is 0.332 e. The molecule has 2 aromatic rings. The third kappa shape index (κ3) is 3.69. The Bertz CT molecular complexity index is 991. The number of anilines is 2. The molecule has 2 atom stereocenters. The fourth-order valence-electron chi connectivity index (χ4n) is 3.88. The van der Waals surface area contributed by atoms with Crippen molar-refractivity contribution in [1.82, 2.24) is 4.90 Å². The molecule has 1 saturated heterocycles. The summed E-state index contributed by atoms with van der Waals surface area (Å²) >= 11 is 1.75. The lowest BCUT2D eigenvalue weighted by Crippen LogP contribution is -2.44. The SMILES string of the molecule is Cc1ccc(N2C(=O)N(CC(=O)N3CC[C@H](C)Sc4ccccc43)C(=O)[C@@H]2C)cc1. The molecule has 2 heterocycles. The Hall–Kier alpha value is -2.80. The van der Waals surface area contributed by atoms with Crippen LogP contribution in [0.2, 0.25) is 0 Å². The normalized spacial score (nSPS) is 21.6. The van der Waals surface area contributed by atoms with Gasteiger partial charge in [0.2, 0.25) is 5.91 Å². The summed E-state index contributed by atoms with van der Waals surface area (Å²) in [5.74, 6) is -0.586. The minimum absolute atomic E-state index is 0.239. The summed E-state index contributed by atoms with van der Waals surface area (Å²) in [5, 5.41) is 0.385. The van der Waals surface area contributed by atoms with E-state index >= 15 is 0 Å². The van der Waals surface area contributed by atoms with E-state index in [1.54, 1.807) is 23.6 Å². The van der Waals surface area contributed by atoms with Gasteiger partial charge in [0.15, 0.2) is 0 Å². The van der Waals surface area contributed by atoms with Crippen LogP contribution in [0.15, 0.2) is 53.4 Å². The van der Waals surface area contributed by atoms with Crippen molar-refractivity contribution in [2.45, 2.75) is 43.4 Å². The molecule has 0 N–H and O–H groups in total. The molecular formula is C23H25N3O3S. The molecule has 0 aliphatic carbocycles. The standard InChI is InChI=1S/C23H25N3O3S/c1-15-8-10-18(11-9-15)26-17(3)22(28)25(23(26)29)14-21(27)24-13-12-16(2)30-20-7-5-4-6-19(20)24/h4-11,16-17H,12-14H2,1-3H3/t16-,17-/m0/s1. The summed E-state index contributed by atoms with van der Waals surface area (Å²) in [6.45, 7) is 6.12. The second-order valence-electron chi connectivity index (χ2n) is 7.82. The molecular weight excluding hydrogens is 398 g/mol. The summed E-state index contributed by atoms with van der Waals surface area (Å²) in [4.78, 5) is 44.4. The van der Waals surface area contributed by atoms with E-state index < -0.39 is 12.1 Å². The van der Waals surface area contributed by atoms with Crippen LogP contribution in [0.3, 0.4) is 0 Å². The minimum atomic E-state index is -0.639. The molecule has 30 heavy (non-hydrogen) atoms. The van der Waals surface area contributed by atoms with E-state index in [4.69, 9.17) is 0 Å². The number of benzene rings is 2. The monoisotopic (exact) mass is 423 g/mol. The number of aryl methyl sites for hydroxylation is 1. The lowest BCUT2D eigenvalue weighted by Gasteiger charge is -2.25. The topological polar surface area (TPSA) is 60.9 Å². The summed E-state index contributed by atoms with van der Waals surface area (Å²) in [6, 6.07) is 14.2. The Morgan fingerprint density at radius 3 is 2.50 bits per heavy atom. The molecule has 0 unspecified atom stereocenters. The predicted octanol–water partition coefficient (Wildman–Crippen LogP) is 4.07. The summed E-state index contributed by atoms with van der Waals surface area (Å²) < 4.78 is 0. The van der Waals surface area contributed by atoms with Gasteiger partial charge in [0, 0.05) is 22.4 Å². The largest absolute Gasteiger partial charge is 0.332 e. The Kier molecular flexibility index (Phi) is 5.56. The number of carbonyl (C=O) groups is 3. The van der Waals surface area contributed by atoms with Crippen molar-refractivity contribution in [1.29, 1.82) is 0 Å². The number of thioether (sulfide) groups is 1. The molecule has 0 spiro atoms. The number of carbonyl (C=O) groups excluding carboxylic acids is 3. The number of hydrogen-bond donors (Lipinski definition) is 0. The molecule has 1 fully saturated rings. The summed E-state index contributed by atoms with van der Waals surface area (Å²) in [7, 11) is 0. The Balaban J connectivity index is 1.57. The summed E-state index contributed by atoms with van der Waals surface area (Å²) in [5.41, 5.74) is 2.58. The first kappa shape index (κ1) is 20.5. The molecule has 4 amide bonds. The number of rotatable bonds is 3. The van der Waals surface area contributed by atoms with Crippen molar-refractivity contribution < 1.29 is 14.4 Å². The number of amides is 4. The molecule has 0 radical (unpaired) electrons. The van der Waals surface area contributed by atoms with Crippen molar-refractivity contribution in [3.05, 3.63) is 54.1 Å². The van der Waals surface area contributed by atoms with Crippen molar-refractivity contribution >= 4 is 41.0 Å². The summed E-state index contributed by atoms with van der Waals surface area (Å²) in [6.07, 6.45) is 0.846. The van der Waals surface area contributed by atoms with Gasteiger partial charge in [-0.1, -0.05) is 36.8 Å². The maximum absolute atomic E-state index is 13.2. The van der Waals surface area contributed by atoms with Gasteiger partial charge < -0.3 is 4.90 Å². The van der Waals surface area contributed by atoms with Crippen molar-refractivity contribution in [3.63, 3.8) is 0 Å². The van der Waals surface area contributed by atoms with Gasteiger partial charge in [0.25, 0.3) is 5.91 Å². The molecule has 2 aliphatic heterocycles. The van der Waals surface area contributed by atoms with Crippen LogP contribution >= 0.6 is 11.8 Å². The van der Waals surface area contributed by atoms with E-state index in [0.717, 1.165) is 27.5 Å². The van der Waals surface area contributed by atoms with Crippen LogP contribution in [0.4, 0.5) is 16.2 Å². The zero-order chi connectivity index (χ0) is 21.4. The highest BCUT2D eigenvalue weighted by Crippen LogP contribution is 2.37. The van der Waals surface area contributed by atoms with E-state index in [9.17, 15) is 14.4 Å². The van der Waals surface area contributed by atoms with Crippen LogP contribution in [0.5, 0.6) is 0 Å². The Labute approximate surface area is 180 Å². The molecule has 4 rings (SSSR count). The van der Waals surface area contributed by atoms with Gasteiger partial charge in [-0.3, -0.25) is 19.4 Å². The first-order valence-corrected chi connectivity index (χ1v) is 11.0. The second kappa shape index (κ2) is 8.14. The van der Waals surface area contributed by atoms with Crippen LogP contribution < -0.4 is 9.80 Å². The van der Waals surface area contributed by atoms with E-state index in [-0.39, 0.29) is 18.4 Å². The predicted molar refractivity (Wildman–Crippen MR) is 119 cm³/mol. The van der Waals surface area contributed by atoms with Crippen molar-refractivity contribution in [2.75, 3.05) is 22.9 Å². The van der Waals surface area contributed by atoms with Gasteiger partial charge in [-0.15, -0.1) is 11.8 Å². The average Bonchev–Trinajstić information content (AvgIpc) is 2.85. The van der Waals surface area contributed by atoms with Gasteiger partial charge in [-0.25, -0.2) is 4.79 Å². The Morgan fingerprint density at radius 2 is 1.77 bits per heavy atom. The lowest BCUT2D eigenvalue weighted by atomic mass is 10.2. The van der Waals surface area contributed by atoms with Crippen molar-refractivity contribution in [3.8, 4) is 0 Å². The van der Waals surface area contributed by atoms with E-state index in [0.29, 0.717) is 17.5 Å². The van der Waals surface area contributed by atoms with Gasteiger partial charge in [-0.05, 0) is 44.5 Å². The van der Waals surface area contributed by atoms with Gasteiger partial charge in [0.05, 0.1) is 5.69 Å². The number of hydrogen-bond acceptors (Lipinski definition) is 4.